The van der Waals surface area contributed by atoms with Crippen molar-refractivity contribution in [1.29, 1.82) is 0 Å². The predicted molar refractivity (Wildman–Crippen MR) is 118 cm³/mol. The number of aromatic nitrogens is 1. The molecular weight excluding hydrogens is 376 g/mol. The second kappa shape index (κ2) is 8.46. The molecule has 2 heterocycles. The number of piperidine rings is 1. The van der Waals surface area contributed by atoms with Gasteiger partial charge < -0.3 is 19.2 Å². The average Bonchev–Trinajstić information content (AvgIpc) is 3.22. The van der Waals surface area contributed by atoms with Crippen molar-refractivity contribution in [1.82, 2.24) is 9.88 Å². The number of oxazole rings is 1. The molecule has 1 aliphatic rings. The lowest BCUT2D eigenvalue weighted by molar-refractivity contribution is 0.0584. The van der Waals surface area contributed by atoms with Crippen LogP contribution in [-0.4, -0.2) is 47.3 Å². The highest BCUT2D eigenvalue weighted by molar-refractivity contribution is 5.83. The number of hydrogen-bond donors (Lipinski definition) is 1. The number of β-amino-alcohol motifs (C(OH)–C–C–N with tert-alkyl or cyclic N) is 1. The van der Waals surface area contributed by atoms with E-state index in [1.807, 2.05) is 54.6 Å². The molecule has 0 saturated carbocycles. The van der Waals surface area contributed by atoms with Crippen LogP contribution in [0.2, 0.25) is 0 Å². The van der Waals surface area contributed by atoms with E-state index < -0.39 is 6.10 Å². The summed E-state index contributed by atoms with van der Waals surface area (Å²) in [6.45, 7) is 2.77. The SMILES string of the molecule is OC(COc1ccc2ccccc2c1)CN1CCC(c2nc3ccccc3o2)CC1. The minimum Gasteiger partial charge on any atom is -0.491 e. The van der Waals surface area contributed by atoms with Gasteiger partial charge in [-0.15, -0.1) is 0 Å². The zero-order valence-corrected chi connectivity index (χ0v) is 16.9. The minimum atomic E-state index is -0.516. The van der Waals surface area contributed by atoms with Crippen molar-refractivity contribution in [3.63, 3.8) is 0 Å². The molecule has 1 N–H and O–H groups in total. The average molecular weight is 402 g/mol. The second-order valence-corrected chi connectivity index (χ2v) is 8.07. The van der Waals surface area contributed by atoms with Crippen LogP contribution in [0.5, 0.6) is 5.75 Å². The fourth-order valence-corrected chi connectivity index (χ4v) is 4.23. The summed E-state index contributed by atoms with van der Waals surface area (Å²) in [5.41, 5.74) is 1.78. The van der Waals surface area contributed by atoms with Crippen molar-refractivity contribution in [2.24, 2.45) is 0 Å². The van der Waals surface area contributed by atoms with Crippen LogP contribution in [0.15, 0.2) is 71.1 Å². The van der Waals surface area contributed by atoms with Crippen LogP contribution in [0.3, 0.4) is 0 Å². The maximum atomic E-state index is 10.5. The summed E-state index contributed by atoms with van der Waals surface area (Å²) < 4.78 is 11.8. The van der Waals surface area contributed by atoms with E-state index in [2.05, 4.69) is 22.0 Å². The van der Waals surface area contributed by atoms with E-state index in [1.165, 1.54) is 5.39 Å². The third-order valence-electron chi connectivity index (χ3n) is 5.88. The highest BCUT2D eigenvalue weighted by Crippen LogP contribution is 2.30. The number of benzene rings is 3. The van der Waals surface area contributed by atoms with Gasteiger partial charge in [0.1, 0.15) is 24.0 Å². The summed E-state index contributed by atoms with van der Waals surface area (Å²) in [4.78, 5) is 6.95. The van der Waals surface area contributed by atoms with E-state index in [0.29, 0.717) is 19.1 Å². The first kappa shape index (κ1) is 19.1. The first-order chi connectivity index (χ1) is 14.7. The van der Waals surface area contributed by atoms with Gasteiger partial charge in [-0.2, -0.15) is 0 Å². The van der Waals surface area contributed by atoms with Gasteiger partial charge in [0.2, 0.25) is 0 Å². The highest BCUT2D eigenvalue weighted by Gasteiger charge is 2.25. The van der Waals surface area contributed by atoms with Crippen LogP contribution in [-0.2, 0) is 0 Å². The lowest BCUT2D eigenvalue weighted by Gasteiger charge is -2.31. The molecule has 3 aromatic carbocycles. The standard InChI is InChI=1S/C25H26N2O3/c28-21(17-29-22-10-9-18-5-1-2-6-20(18)15-22)16-27-13-11-19(12-14-27)25-26-23-7-3-4-8-24(23)30-25/h1-10,15,19,21,28H,11-14,16-17H2. The maximum absolute atomic E-state index is 10.5. The van der Waals surface area contributed by atoms with Gasteiger partial charge in [0.25, 0.3) is 0 Å². The monoisotopic (exact) mass is 402 g/mol. The summed E-state index contributed by atoms with van der Waals surface area (Å²) in [6, 6.07) is 22.1. The van der Waals surface area contributed by atoms with Gasteiger partial charge in [0, 0.05) is 12.5 Å². The highest BCUT2D eigenvalue weighted by atomic mass is 16.5. The Balaban J connectivity index is 1.11. The zero-order valence-electron chi connectivity index (χ0n) is 16.9. The molecule has 0 radical (unpaired) electrons. The van der Waals surface area contributed by atoms with Crippen molar-refractivity contribution < 1.29 is 14.3 Å². The lowest BCUT2D eigenvalue weighted by atomic mass is 9.96. The predicted octanol–water partition coefficient (Wildman–Crippen LogP) is 4.60. The minimum absolute atomic E-state index is 0.295. The molecule has 4 aromatic rings. The van der Waals surface area contributed by atoms with Crippen LogP contribution in [0.4, 0.5) is 0 Å². The summed E-state index contributed by atoms with van der Waals surface area (Å²) in [7, 11) is 0. The molecule has 0 aliphatic carbocycles. The Morgan fingerprint density at radius 3 is 2.60 bits per heavy atom. The number of aliphatic hydroxyl groups is 1. The van der Waals surface area contributed by atoms with E-state index in [0.717, 1.165) is 54.1 Å². The first-order valence-electron chi connectivity index (χ1n) is 10.6. The molecule has 5 heteroatoms. The van der Waals surface area contributed by atoms with Crippen molar-refractivity contribution >= 4 is 21.9 Å². The summed E-state index contributed by atoms with van der Waals surface area (Å²) >= 11 is 0. The molecule has 5 rings (SSSR count). The Morgan fingerprint density at radius 2 is 1.77 bits per heavy atom. The largest absolute Gasteiger partial charge is 0.491 e. The van der Waals surface area contributed by atoms with E-state index in [4.69, 9.17) is 9.15 Å². The van der Waals surface area contributed by atoms with Gasteiger partial charge >= 0.3 is 0 Å². The Kier molecular flexibility index (Phi) is 5.39. The quantitative estimate of drug-likeness (QED) is 0.511. The van der Waals surface area contributed by atoms with Crippen molar-refractivity contribution in [3.8, 4) is 5.75 Å². The normalized spacial score (nSPS) is 16.8. The molecule has 0 amide bonds. The van der Waals surface area contributed by atoms with Crippen molar-refractivity contribution in [3.05, 3.63) is 72.6 Å². The van der Waals surface area contributed by atoms with Crippen LogP contribution in [0.25, 0.3) is 21.9 Å². The Morgan fingerprint density at radius 1 is 1.00 bits per heavy atom. The third kappa shape index (κ3) is 4.18. The fraction of sp³-hybridized carbons (Fsp3) is 0.320. The third-order valence-corrected chi connectivity index (χ3v) is 5.88. The van der Waals surface area contributed by atoms with Crippen LogP contribution < -0.4 is 4.74 Å². The summed E-state index contributed by atoms with van der Waals surface area (Å²) in [5.74, 6) is 1.98. The number of ether oxygens (including phenoxy) is 1. The molecule has 5 nitrogen and oxygen atoms in total. The molecule has 1 aromatic heterocycles. The van der Waals surface area contributed by atoms with Gasteiger partial charge in [-0.05, 0) is 61.0 Å². The first-order valence-corrected chi connectivity index (χ1v) is 10.6. The smallest absolute Gasteiger partial charge is 0.198 e. The molecule has 0 bridgehead atoms. The van der Waals surface area contributed by atoms with Gasteiger partial charge in [-0.25, -0.2) is 4.98 Å². The van der Waals surface area contributed by atoms with Gasteiger partial charge in [0.05, 0.1) is 0 Å². The van der Waals surface area contributed by atoms with Gasteiger partial charge in [0.15, 0.2) is 11.5 Å². The molecular formula is C25H26N2O3. The number of aliphatic hydroxyl groups excluding tert-OH is 1. The molecule has 1 aliphatic heterocycles. The number of fused-ring (bicyclic) bond motifs is 2. The Hall–Kier alpha value is -2.89. The maximum Gasteiger partial charge on any atom is 0.198 e. The molecule has 1 atom stereocenters. The zero-order chi connectivity index (χ0) is 20.3. The summed E-state index contributed by atoms with van der Waals surface area (Å²) in [6.07, 6.45) is 1.47. The van der Waals surface area contributed by atoms with Gasteiger partial charge in [-0.1, -0.05) is 42.5 Å². The molecule has 1 fully saturated rings. The van der Waals surface area contributed by atoms with Crippen LogP contribution in [0.1, 0.15) is 24.7 Å². The van der Waals surface area contributed by atoms with E-state index >= 15 is 0 Å². The van der Waals surface area contributed by atoms with E-state index in [9.17, 15) is 5.11 Å². The Bertz CT molecular complexity index is 1100. The van der Waals surface area contributed by atoms with Crippen molar-refractivity contribution in [2.45, 2.75) is 24.9 Å². The lowest BCUT2D eigenvalue weighted by Crippen LogP contribution is -2.40. The Labute approximate surface area is 175 Å². The van der Waals surface area contributed by atoms with Crippen LogP contribution in [0, 0.1) is 0 Å². The number of rotatable bonds is 6. The molecule has 154 valence electrons. The topological polar surface area (TPSA) is 58.7 Å². The van der Waals surface area contributed by atoms with Crippen molar-refractivity contribution in [2.75, 3.05) is 26.2 Å². The second-order valence-electron chi connectivity index (χ2n) is 8.07. The van der Waals surface area contributed by atoms with Gasteiger partial charge in [-0.3, -0.25) is 0 Å². The molecule has 0 spiro atoms. The van der Waals surface area contributed by atoms with Crippen LogP contribution >= 0.6 is 0 Å². The van der Waals surface area contributed by atoms with E-state index in [-0.39, 0.29) is 0 Å². The van der Waals surface area contributed by atoms with E-state index in [1.54, 1.807) is 0 Å². The fourth-order valence-electron chi connectivity index (χ4n) is 4.23. The molecule has 1 unspecified atom stereocenters. The number of hydrogen-bond acceptors (Lipinski definition) is 5. The molecule has 1 saturated heterocycles. The number of likely N-dealkylation sites (tertiary alicyclic amines) is 1. The summed E-state index contributed by atoms with van der Waals surface area (Å²) in [5, 5.41) is 12.8. The molecule has 30 heavy (non-hydrogen) atoms. The number of para-hydroxylation sites is 2. The number of nitrogens with zero attached hydrogens (tertiary/aromatic N) is 2.